The normalized spacial score (nSPS) is 10.0. The first-order chi connectivity index (χ1) is 10.9. The number of nitro groups is 1. The lowest BCUT2D eigenvalue weighted by Crippen LogP contribution is -2.34. The van der Waals surface area contributed by atoms with Crippen LogP contribution in [0.5, 0.6) is 0 Å². The molecule has 0 fully saturated rings. The third kappa shape index (κ3) is 4.85. The van der Waals surface area contributed by atoms with Crippen molar-refractivity contribution in [3.63, 3.8) is 0 Å². The van der Waals surface area contributed by atoms with Crippen molar-refractivity contribution in [3.05, 3.63) is 66.7 Å². The molecule has 0 saturated heterocycles. The van der Waals surface area contributed by atoms with Gasteiger partial charge in [-0.25, -0.2) is 0 Å². The largest absolute Gasteiger partial charge is 0.332 e. The second-order valence-electron chi connectivity index (χ2n) is 4.34. The van der Waals surface area contributed by atoms with Crippen LogP contribution in [0, 0.1) is 13.7 Å². The lowest BCUT2D eigenvalue weighted by atomic mass is 10.2. The molecule has 2 N–H and O–H groups in total. The molecule has 6 nitrogen and oxygen atoms in total. The molecule has 0 aromatic heterocycles. The molecule has 0 radical (unpaired) electrons. The van der Waals surface area contributed by atoms with Crippen molar-refractivity contribution in [1.82, 2.24) is 5.32 Å². The predicted octanol–water partition coefficient (Wildman–Crippen LogP) is 3.98. The summed E-state index contributed by atoms with van der Waals surface area (Å²) >= 11 is 13.1. The number of nitro benzene ring substituents is 1. The van der Waals surface area contributed by atoms with E-state index in [1.807, 2.05) is 0 Å². The van der Waals surface area contributed by atoms with Crippen LogP contribution in [0.4, 0.5) is 11.4 Å². The monoisotopic (exact) mass is 461 g/mol. The van der Waals surface area contributed by atoms with E-state index < -0.39 is 10.8 Å². The van der Waals surface area contributed by atoms with Crippen LogP contribution in [0.1, 0.15) is 10.4 Å². The summed E-state index contributed by atoms with van der Waals surface area (Å²) in [6.07, 6.45) is 0. The number of nitrogens with one attached hydrogen (secondary N) is 2. The molecule has 0 atom stereocenters. The fraction of sp³-hybridized carbons (Fsp3) is 0. The molecular formula is C14H9ClIN3O3S. The van der Waals surface area contributed by atoms with E-state index in [0.29, 0.717) is 16.3 Å². The number of hydrogen-bond donors (Lipinski definition) is 2. The third-order valence-electron chi connectivity index (χ3n) is 2.74. The highest BCUT2D eigenvalue weighted by Crippen LogP contribution is 2.19. The minimum atomic E-state index is -0.497. The van der Waals surface area contributed by atoms with E-state index in [2.05, 4.69) is 33.2 Å². The van der Waals surface area contributed by atoms with E-state index in [1.54, 1.807) is 18.2 Å². The molecule has 0 aliphatic carbocycles. The van der Waals surface area contributed by atoms with Crippen molar-refractivity contribution in [2.24, 2.45) is 0 Å². The Hall–Kier alpha value is -1.78. The summed E-state index contributed by atoms with van der Waals surface area (Å²) in [5.74, 6) is -0.437. The highest BCUT2D eigenvalue weighted by molar-refractivity contribution is 14.1. The van der Waals surface area contributed by atoms with Crippen LogP contribution in [-0.4, -0.2) is 15.9 Å². The molecule has 0 spiro atoms. The summed E-state index contributed by atoms with van der Waals surface area (Å²) in [5, 5.41) is 16.3. The summed E-state index contributed by atoms with van der Waals surface area (Å²) in [4.78, 5) is 22.2. The number of amides is 1. The van der Waals surface area contributed by atoms with Gasteiger partial charge in [0.05, 0.1) is 15.5 Å². The highest BCUT2D eigenvalue weighted by Gasteiger charge is 2.13. The van der Waals surface area contributed by atoms with Crippen molar-refractivity contribution >= 4 is 68.8 Å². The Morgan fingerprint density at radius 1 is 1.22 bits per heavy atom. The zero-order valence-electron chi connectivity index (χ0n) is 11.4. The molecule has 2 aromatic carbocycles. The fourth-order valence-electron chi connectivity index (χ4n) is 1.67. The zero-order chi connectivity index (χ0) is 17.0. The van der Waals surface area contributed by atoms with E-state index in [9.17, 15) is 14.9 Å². The summed E-state index contributed by atoms with van der Waals surface area (Å²) in [5.41, 5.74) is 0.803. The molecule has 0 saturated carbocycles. The average Bonchev–Trinajstić information content (AvgIpc) is 2.50. The first-order valence-electron chi connectivity index (χ1n) is 6.18. The number of rotatable bonds is 3. The van der Waals surface area contributed by atoms with Gasteiger partial charge in [0.2, 0.25) is 0 Å². The van der Waals surface area contributed by atoms with Crippen LogP contribution in [0.15, 0.2) is 42.5 Å². The van der Waals surface area contributed by atoms with Gasteiger partial charge in [0.15, 0.2) is 5.11 Å². The number of hydrogen-bond acceptors (Lipinski definition) is 4. The topological polar surface area (TPSA) is 84.3 Å². The third-order valence-corrected chi connectivity index (χ3v) is 3.94. The second kappa shape index (κ2) is 7.66. The molecule has 0 heterocycles. The van der Waals surface area contributed by atoms with Crippen LogP contribution in [0.25, 0.3) is 0 Å². The number of carbonyl (C=O) groups is 1. The highest BCUT2D eigenvalue weighted by atomic mass is 127. The molecule has 118 valence electrons. The standard InChI is InChI=1S/C14H9ClIN3O3S/c15-12-6-1-8(16)7-11(12)13(20)18-14(23)17-9-2-4-10(5-3-9)19(21)22/h1-7H,(H2,17,18,20,23). The molecule has 0 aliphatic heterocycles. The van der Waals surface area contributed by atoms with Gasteiger partial charge in [0, 0.05) is 21.4 Å². The Labute approximate surface area is 155 Å². The van der Waals surface area contributed by atoms with Gasteiger partial charge in [-0.05, 0) is 65.1 Å². The van der Waals surface area contributed by atoms with Gasteiger partial charge in [0.1, 0.15) is 0 Å². The lowest BCUT2D eigenvalue weighted by Gasteiger charge is -2.10. The van der Waals surface area contributed by atoms with Gasteiger partial charge in [-0.2, -0.15) is 0 Å². The molecule has 23 heavy (non-hydrogen) atoms. The van der Waals surface area contributed by atoms with E-state index in [0.717, 1.165) is 3.57 Å². The molecule has 2 aromatic rings. The molecule has 0 unspecified atom stereocenters. The van der Waals surface area contributed by atoms with Crippen molar-refractivity contribution < 1.29 is 9.72 Å². The predicted molar refractivity (Wildman–Crippen MR) is 101 cm³/mol. The van der Waals surface area contributed by atoms with Gasteiger partial charge < -0.3 is 5.32 Å². The number of thiocarbonyl (C=S) groups is 1. The fourth-order valence-corrected chi connectivity index (χ4v) is 2.58. The second-order valence-corrected chi connectivity index (χ2v) is 6.40. The molecule has 0 aliphatic rings. The minimum Gasteiger partial charge on any atom is -0.332 e. The number of carbonyl (C=O) groups excluding carboxylic acids is 1. The Kier molecular flexibility index (Phi) is 5.85. The smallest absolute Gasteiger partial charge is 0.269 e. The Bertz CT molecular complexity index is 783. The molecule has 1 amide bonds. The van der Waals surface area contributed by atoms with Crippen LogP contribution < -0.4 is 10.6 Å². The van der Waals surface area contributed by atoms with Crippen LogP contribution in [0.2, 0.25) is 5.02 Å². The van der Waals surface area contributed by atoms with Crippen molar-refractivity contribution in [1.29, 1.82) is 0 Å². The van der Waals surface area contributed by atoms with Gasteiger partial charge in [-0.3, -0.25) is 20.2 Å². The van der Waals surface area contributed by atoms with Crippen molar-refractivity contribution in [3.8, 4) is 0 Å². The minimum absolute atomic E-state index is 0.0313. The average molecular weight is 462 g/mol. The molecule has 9 heteroatoms. The van der Waals surface area contributed by atoms with E-state index in [1.165, 1.54) is 24.3 Å². The maximum atomic E-state index is 12.1. The van der Waals surface area contributed by atoms with Crippen molar-refractivity contribution in [2.75, 3.05) is 5.32 Å². The van der Waals surface area contributed by atoms with Gasteiger partial charge in [-0.1, -0.05) is 11.6 Å². The number of nitrogens with zero attached hydrogens (tertiary/aromatic N) is 1. The Morgan fingerprint density at radius 2 is 1.87 bits per heavy atom. The van der Waals surface area contributed by atoms with Crippen LogP contribution in [0.3, 0.4) is 0 Å². The first-order valence-corrected chi connectivity index (χ1v) is 8.05. The summed E-state index contributed by atoms with van der Waals surface area (Å²) < 4.78 is 0.867. The lowest BCUT2D eigenvalue weighted by molar-refractivity contribution is -0.384. The zero-order valence-corrected chi connectivity index (χ0v) is 15.1. The number of benzene rings is 2. The van der Waals surface area contributed by atoms with Crippen LogP contribution >= 0.6 is 46.4 Å². The number of non-ortho nitro benzene ring substituents is 1. The Morgan fingerprint density at radius 3 is 2.48 bits per heavy atom. The SMILES string of the molecule is O=C(NC(=S)Nc1ccc([N+](=O)[O-])cc1)c1cc(I)ccc1Cl. The number of halogens is 2. The molecular weight excluding hydrogens is 453 g/mol. The summed E-state index contributed by atoms with van der Waals surface area (Å²) in [7, 11) is 0. The maximum Gasteiger partial charge on any atom is 0.269 e. The van der Waals surface area contributed by atoms with E-state index in [4.69, 9.17) is 23.8 Å². The van der Waals surface area contributed by atoms with Crippen molar-refractivity contribution in [2.45, 2.75) is 0 Å². The first kappa shape index (κ1) is 17.6. The summed E-state index contributed by atoms with van der Waals surface area (Å²) in [6, 6.07) is 10.7. The van der Waals surface area contributed by atoms with E-state index >= 15 is 0 Å². The van der Waals surface area contributed by atoms with Gasteiger partial charge >= 0.3 is 0 Å². The van der Waals surface area contributed by atoms with Gasteiger partial charge in [0.25, 0.3) is 11.6 Å². The van der Waals surface area contributed by atoms with Gasteiger partial charge in [-0.15, -0.1) is 0 Å². The molecule has 2 rings (SSSR count). The summed E-state index contributed by atoms with van der Waals surface area (Å²) in [6.45, 7) is 0. The van der Waals surface area contributed by atoms with Crippen LogP contribution in [-0.2, 0) is 0 Å². The Balaban J connectivity index is 2.03. The van der Waals surface area contributed by atoms with E-state index in [-0.39, 0.29) is 10.8 Å². The maximum absolute atomic E-state index is 12.1. The molecule has 0 bridgehead atoms. The number of anilines is 1. The quantitative estimate of drug-likeness (QED) is 0.313.